The standard InChI is InChI=1S/C20H18O5/c1-14(24-19(22)16-9-5-3-6-10-16)13-18(21)15(2)25-20(23)17-11-7-4-8-12-17/h3-12,14H,2,13H2,1H3. The number of carbonyl (C=O) groups excluding carboxylic acids is 3. The molecule has 1 atom stereocenters. The van der Waals surface area contributed by atoms with Gasteiger partial charge in [-0.2, -0.15) is 0 Å². The molecular formula is C20H18O5. The van der Waals surface area contributed by atoms with Crippen molar-refractivity contribution in [2.45, 2.75) is 19.4 Å². The molecule has 25 heavy (non-hydrogen) atoms. The van der Waals surface area contributed by atoms with Gasteiger partial charge in [-0.25, -0.2) is 9.59 Å². The monoisotopic (exact) mass is 338 g/mol. The molecule has 2 rings (SSSR count). The van der Waals surface area contributed by atoms with Gasteiger partial charge in [0.2, 0.25) is 5.78 Å². The first-order valence-electron chi connectivity index (χ1n) is 7.72. The van der Waals surface area contributed by atoms with E-state index in [1.165, 1.54) is 0 Å². The second kappa shape index (κ2) is 8.59. The van der Waals surface area contributed by atoms with Crippen LogP contribution in [0.1, 0.15) is 34.1 Å². The van der Waals surface area contributed by atoms with E-state index in [-0.39, 0.29) is 12.2 Å². The average molecular weight is 338 g/mol. The Morgan fingerprint density at radius 2 is 1.36 bits per heavy atom. The molecule has 5 heteroatoms. The first-order valence-corrected chi connectivity index (χ1v) is 7.72. The summed E-state index contributed by atoms with van der Waals surface area (Å²) in [7, 11) is 0. The zero-order valence-corrected chi connectivity index (χ0v) is 13.8. The molecule has 1 unspecified atom stereocenters. The Balaban J connectivity index is 1.85. The molecule has 0 aliphatic carbocycles. The van der Waals surface area contributed by atoms with E-state index in [1.54, 1.807) is 67.6 Å². The van der Waals surface area contributed by atoms with E-state index in [1.807, 2.05) is 0 Å². The maximum absolute atomic E-state index is 12.1. The van der Waals surface area contributed by atoms with Gasteiger partial charge in [-0.3, -0.25) is 4.79 Å². The zero-order valence-electron chi connectivity index (χ0n) is 13.8. The first-order chi connectivity index (χ1) is 12.0. The molecule has 5 nitrogen and oxygen atoms in total. The second-order valence-corrected chi connectivity index (χ2v) is 5.39. The fourth-order valence-corrected chi connectivity index (χ4v) is 2.04. The Morgan fingerprint density at radius 3 is 1.88 bits per heavy atom. The molecule has 0 aromatic heterocycles. The number of rotatable bonds is 7. The maximum atomic E-state index is 12.1. The highest BCUT2D eigenvalue weighted by Gasteiger charge is 2.20. The molecule has 2 aromatic carbocycles. The number of Topliss-reactive ketones (excluding diaryl/α,β-unsaturated/α-hetero) is 1. The lowest BCUT2D eigenvalue weighted by Gasteiger charge is -2.13. The van der Waals surface area contributed by atoms with Crippen LogP contribution in [0.5, 0.6) is 0 Å². The number of hydrogen-bond donors (Lipinski definition) is 0. The number of allylic oxidation sites excluding steroid dienone is 1. The number of carbonyl (C=O) groups is 3. The third kappa shape index (κ3) is 5.42. The minimum atomic E-state index is -0.674. The summed E-state index contributed by atoms with van der Waals surface area (Å²) in [6.07, 6.45) is -0.799. The van der Waals surface area contributed by atoms with Crippen LogP contribution in [0.15, 0.2) is 73.0 Å². The van der Waals surface area contributed by atoms with Crippen LogP contribution in [-0.2, 0) is 14.3 Å². The van der Waals surface area contributed by atoms with Gasteiger partial charge in [0.15, 0.2) is 5.76 Å². The normalized spacial score (nSPS) is 11.2. The summed E-state index contributed by atoms with van der Waals surface area (Å²) in [6.45, 7) is 5.07. The lowest BCUT2D eigenvalue weighted by Crippen LogP contribution is -2.21. The molecule has 0 spiro atoms. The van der Waals surface area contributed by atoms with Crippen LogP contribution >= 0.6 is 0 Å². The second-order valence-electron chi connectivity index (χ2n) is 5.39. The molecule has 0 N–H and O–H groups in total. The van der Waals surface area contributed by atoms with E-state index in [0.717, 1.165) is 0 Å². The van der Waals surface area contributed by atoms with Crippen molar-refractivity contribution in [2.24, 2.45) is 0 Å². The molecule has 0 fully saturated rings. The van der Waals surface area contributed by atoms with Crippen molar-refractivity contribution in [2.75, 3.05) is 0 Å². The van der Waals surface area contributed by atoms with E-state index in [4.69, 9.17) is 9.47 Å². The van der Waals surface area contributed by atoms with Gasteiger partial charge < -0.3 is 9.47 Å². The van der Waals surface area contributed by atoms with Crippen LogP contribution in [0, 0.1) is 0 Å². The highest BCUT2D eigenvalue weighted by molar-refractivity contribution is 5.98. The van der Waals surface area contributed by atoms with Gasteiger partial charge in [-0.05, 0) is 31.2 Å². The molecular weight excluding hydrogens is 320 g/mol. The molecule has 0 aliphatic heterocycles. The molecule has 0 saturated heterocycles. The fourth-order valence-electron chi connectivity index (χ4n) is 2.04. The first kappa shape index (κ1) is 18.1. The van der Waals surface area contributed by atoms with Crippen LogP contribution in [0.4, 0.5) is 0 Å². The van der Waals surface area contributed by atoms with Crippen molar-refractivity contribution in [1.82, 2.24) is 0 Å². The van der Waals surface area contributed by atoms with Crippen LogP contribution < -0.4 is 0 Å². The predicted molar refractivity (Wildman–Crippen MR) is 91.9 cm³/mol. The quantitative estimate of drug-likeness (QED) is 0.438. The molecule has 0 amide bonds. The summed E-state index contributed by atoms with van der Waals surface area (Å²) in [5.41, 5.74) is 0.719. The SMILES string of the molecule is C=C(OC(=O)c1ccccc1)C(=O)CC(C)OC(=O)c1ccccc1. The maximum Gasteiger partial charge on any atom is 0.343 e. The summed E-state index contributed by atoms with van der Waals surface area (Å²) in [5, 5.41) is 0. The van der Waals surface area contributed by atoms with E-state index < -0.39 is 23.8 Å². The number of esters is 2. The van der Waals surface area contributed by atoms with Gasteiger partial charge in [-0.15, -0.1) is 0 Å². The highest BCUT2D eigenvalue weighted by atomic mass is 16.5. The molecule has 128 valence electrons. The molecule has 2 aromatic rings. The average Bonchev–Trinajstić information content (AvgIpc) is 2.62. The van der Waals surface area contributed by atoms with Crippen molar-refractivity contribution >= 4 is 17.7 Å². The third-order valence-corrected chi connectivity index (χ3v) is 3.33. The van der Waals surface area contributed by atoms with Crippen molar-refractivity contribution in [3.8, 4) is 0 Å². The van der Waals surface area contributed by atoms with E-state index in [9.17, 15) is 14.4 Å². The fraction of sp³-hybridized carbons (Fsp3) is 0.150. The largest absolute Gasteiger partial charge is 0.459 e. The number of hydrogen-bond acceptors (Lipinski definition) is 5. The molecule has 0 aliphatic rings. The van der Waals surface area contributed by atoms with Crippen molar-refractivity contribution < 1.29 is 23.9 Å². The van der Waals surface area contributed by atoms with Gasteiger partial charge in [0.1, 0.15) is 6.10 Å². The van der Waals surface area contributed by atoms with Gasteiger partial charge in [0.05, 0.1) is 17.5 Å². The molecule has 0 saturated carbocycles. The lowest BCUT2D eigenvalue weighted by atomic mass is 10.1. The summed E-state index contributed by atoms with van der Waals surface area (Å²) >= 11 is 0. The van der Waals surface area contributed by atoms with Crippen LogP contribution in [0.25, 0.3) is 0 Å². The van der Waals surface area contributed by atoms with Crippen molar-refractivity contribution in [1.29, 1.82) is 0 Å². The number of benzene rings is 2. The molecule has 0 bridgehead atoms. The Labute approximate surface area is 145 Å². The topological polar surface area (TPSA) is 69.7 Å². The minimum Gasteiger partial charge on any atom is -0.459 e. The minimum absolute atomic E-state index is 0.126. The Kier molecular flexibility index (Phi) is 6.23. The zero-order chi connectivity index (χ0) is 18.2. The molecule has 0 radical (unpaired) electrons. The van der Waals surface area contributed by atoms with E-state index in [2.05, 4.69) is 6.58 Å². The van der Waals surface area contributed by atoms with Crippen LogP contribution in [-0.4, -0.2) is 23.8 Å². The van der Waals surface area contributed by atoms with E-state index in [0.29, 0.717) is 11.1 Å². The van der Waals surface area contributed by atoms with Crippen molar-refractivity contribution in [3.63, 3.8) is 0 Å². The van der Waals surface area contributed by atoms with Gasteiger partial charge in [0.25, 0.3) is 0 Å². The summed E-state index contributed by atoms with van der Waals surface area (Å²) < 4.78 is 10.2. The third-order valence-electron chi connectivity index (χ3n) is 3.33. The van der Waals surface area contributed by atoms with E-state index >= 15 is 0 Å². The Morgan fingerprint density at radius 1 is 0.880 bits per heavy atom. The summed E-state index contributed by atoms with van der Waals surface area (Å²) in [5.74, 6) is -1.96. The van der Waals surface area contributed by atoms with Gasteiger partial charge in [-0.1, -0.05) is 43.0 Å². The summed E-state index contributed by atoms with van der Waals surface area (Å²) in [6, 6.07) is 16.8. The van der Waals surface area contributed by atoms with Gasteiger partial charge in [0, 0.05) is 0 Å². The van der Waals surface area contributed by atoms with Crippen LogP contribution in [0.2, 0.25) is 0 Å². The Hall–Kier alpha value is -3.21. The number of ether oxygens (including phenoxy) is 2. The highest BCUT2D eigenvalue weighted by Crippen LogP contribution is 2.11. The van der Waals surface area contributed by atoms with Crippen molar-refractivity contribution in [3.05, 3.63) is 84.1 Å². The Bertz CT molecular complexity index is 765. The number of ketones is 1. The predicted octanol–water partition coefficient (Wildman–Crippen LogP) is 3.56. The molecule has 0 heterocycles. The lowest BCUT2D eigenvalue weighted by molar-refractivity contribution is -0.119. The van der Waals surface area contributed by atoms with Crippen LogP contribution in [0.3, 0.4) is 0 Å². The van der Waals surface area contributed by atoms with Gasteiger partial charge >= 0.3 is 11.9 Å². The smallest absolute Gasteiger partial charge is 0.343 e. The summed E-state index contributed by atoms with van der Waals surface area (Å²) in [4.78, 5) is 35.9.